The van der Waals surface area contributed by atoms with Crippen molar-refractivity contribution in [3.05, 3.63) is 5.89 Å². The second-order valence-electron chi connectivity index (χ2n) is 3.01. The van der Waals surface area contributed by atoms with Crippen molar-refractivity contribution in [3.8, 4) is 0 Å². The first kappa shape index (κ1) is 10.9. The molecular formula is C8H16N4O2. The monoisotopic (exact) mass is 200 g/mol. The normalized spacial score (nSPS) is 12.9. The van der Waals surface area contributed by atoms with Gasteiger partial charge < -0.3 is 20.2 Å². The van der Waals surface area contributed by atoms with Gasteiger partial charge in [0.15, 0.2) is 0 Å². The molecule has 0 fully saturated rings. The average Bonchev–Trinajstić information content (AvgIpc) is 2.63. The minimum absolute atomic E-state index is 0.0593. The molecule has 0 aliphatic carbocycles. The van der Waals surface area contributed by atoms with Crippen LogP contribution in [0.3, 0.4) is 0 Å². The first-order chi connectivity index (χ1) is 6.69. The number of nitrogens with two attached hydrogens (primary N) is 1. The third kappa shape index (κ3) is 2.43. The van der Waals surface area contributed by atoms with Crippen LogP contribution in [0.5, 0.6) is 0 Å². The molecule has 6 nitrogen and oxygen atoms in total. The van der Waals surface area contributed by atoms with Crippen LogP contribution in [0.4, 0.5) is 6.01 Å². The molecule has 1 atom stereocenters. The van der Waals surface area contributed by atoms with E-state index < -0.39 is 0 Å². The van der Waals surface area contributed by atoms with Crippen molar-refractivity contribution in [2.45, 2.75) is 19.9 Å². The van der Waals surface area contributed by atoms with Crippen LogP contribution in [-0.4, -0.2) is 35.0 Å². The molecule has 6 heteroatoms. The number of rotatable bonds is 5. The highest BCUT2D eigenvalue weighted by Crippen LogP contribution is 2.14. The largest absolute Gasteiger partial charge is 0.406 e. The van der Waals surface area contributed by atoms with Gasteiger partial charge in [0.2, 0.25) is 5.89 Å². The number of hydrogen-bond acceptors (Lipinski definition) is 6. The molecule has 0 aliphatic heterocycles. The molecule has 1 unspecified atom stereocenters. The summed E-state index contributed by atoms with van der Waals surface area (Å²) in [5, 5.41) is 16.4. The summed E-state index contributed by atoms with van der Waals surface area (Å²) in [6.07, 6.45) is 0. The summed E-state index contributed by atoms with van der Waals surface area (Å²) in [5.74, 6) is 0.413. The second kappa shape index (κ2) is 4.92. The van der Waals surface area contributed by atoms with Crippen LogP contribution < -0.4 is 10.6 Å². The van der Waals surface area contributed by atoms with E-state index in [9.17, 15) is 0 Å². The molecular weight excluding hydrogens is 184 g/mol. The van der Waals surface area contributed by atoms with Crippen molar-refractivity contribution in [2.75, 3.05) is 24.6 Å². The van der Waals surface area contributed by atoms with E-state index in [1.165, 1.54) is 0 Å². The molecule has 0 amide bonds. The van der Waals surface area contributed by atoms with Crippen molar-refractivity contribution in [1.82, 2.24) is 10.2 Å². The number of nitrogens with zero attached hydrogens (tertiary/aromatic N) is 3. The summed E-state index contributed by atoms with van der Waals surface area (Å²) >= 11 is 0. The molecule has 1 heterocycles. The zero-order valence-corrected chi connectivity index (χ0v) is 8.47. The van der Waals surface area contributed by atoms with Crippen LogP contribution in [0.25, 0.3) is 0 Å². The highest BCUT2D eigenvalue weighted by atomic mass is 16.4. The quantitative estimate of drug-likeness (QED) is 0.690. The Balaban J connectivity index is 2.73. The smallest absolute Gasteiger partial charge is 0.318 e. The minimum Gasteiger partial charge on any atom is -0.406 e. The van der Waals surface area contributed by atoms with E-state index in [-0.39, 0.29) is 12.6 Å². The van der Waals surface area contributed by atoms with Gasteiger partial charge in [0, 0.05) is 13.1 Å². The van der Waals surface area contributed by atoms with Crippen LogP contribution in [0.2, 0.25) is 0 Å². The van der Waals surface area contributed by atoms with Gasteiger partial charge in [-0.1, -0.05) is 5.10 Å². The predicted molar refractivity (Wildman–Crippen MR) is 51.9 cm³/mol. The van der Waals surface area contributed by atoms with Gasteiger partial charge in [-0.3, -0.25) is 0 Å². The van der Waals surface area contributed by atoms with Gasteiger partial charge >= 0.3 is 6.01 Å². The van der Waals surface area contributed by atoms with Gasteiger partial charge in [0.25, 0.3) is 0 Å². The van der Waals surface area contributed by atoms with Crippen molar-refractivity contribution >= 4 is 6.01 Å². The van der Waals surface area contributed by atoms with Crippen molar-refractivity contribution in [2.24, 2.45) is 5.73 Å². The fourth-order valence-electron chi connectivity index (χ4n) is 1.05. The predicted octanol–water partition coefficient (Wildman–Crippen LogP) is -0.0921. The number of anilines is 1. The van der Waals surface area contributed by atoms with Crippen molar-refractivity contribution in [3.63, 3.8) is 0 Å². The first-order valence-electron chi connectivity index (χ1n) is 4.63. The molecule has 80 valence electrons. The van der Waals surface area contributed by atoms with Crippen LogP contribution in [-0.2, 0) is 0 Å². The second-order valence-corrected chi connectivity index (χ2v) is 3.01. The Morgan fingerprint density at radius 3 is 2.71 bits per heavy atom. The molecule has 14 heavy (non-hydrogen) atoms. The van der Waals surface area contributed by atoms with Gasteiger partial charge in [0.05, 0.1) is 12.6 Å². The fourth-order valence-corrected chi connectivity index (χ4v) is 1.05. The Bertz CT molecular complexity index is 274. The highest BCUT2D eigenvalue weighted by molar-refractivity contribution is 5.23. The van der Waals surface area contributed by atoms with E-state index in [1.807, 2.05) is 6.92 Å². The number of hydrogen-bond donors (Lipinski definition) is 2. The van der Waals surface area contributed by atoms with Crippen LogP contribution in [0.15, 0.2) is 4.42 Å². The number of aliphatic hydroxyl groups is 1. The van der Waals surface area contributed by atoms with Gasteiger partial charge in [-0.2, -0.15) is 0 Å². The lowest BCUT2D eigenvalue weighted by atomic mass is 10.4. The zero-order chi connectivity index (χ0) is 10.6. The summed E-state index contributed by atoms with van der Waals surface area (Å²) in [6.45, 7) is 4.98. The molecule has 0 aliphatic rings. The molecule has 0 spiro atoms. The van der Waals surface area contributed by atoms with E-state index in [0.29, 0.717) is 25.0 Å². The van der Waals surface area contributed by atoms with E-state index in [4.69, 9.17) is 15.3 Å². The third-order valence-electron chi connectivity index (χ3n) is 1.84. The van der Waals surface area contributed by atoms with Crippen LogP contribution in [0.1, 0.15) is 25.8 Å². The molecule has 0 bridgehead atoms. The SMILES string of the molecule is CCN(CCO)c1nnc(C(C)N)o1. The fraction of sp³-hybridized carbons (Fsp3) is 0.750. The Morgan fingerprint density at radius 2 is 2.29 bits per heavy atom. The summed E-state index contributed by atoms with van der Waals surface area (Å²) in [5.41, 5.74) is 5.58. The van der Waals surface area contributed by atoms with Crippen LogP contribution in [0, 0.1) is 0 Å². The topological polar surface area (TPSA) is 88.4 Å². The maximum Gasteiger partial charge on any atom is 0.318 e. The minimum atomic E-state index is -0.260. The molecule has 1 aromatic rings. The van der Waals surface area contributed by atoms with E-state index in [1.54, 1.807) is 11.8 Å². The van der Waals surface area contributed by atoms with E-state index >= 15 is 0 Å². The lowest BCUT2D eigenvalue weighted by molar-refractivity contribution is 0.298. The summed E-state index contributed by atoms with van der Waals surface area (Å²) < 4.78 is 5.32. The highest BCUT2D eigenvalue weighted by Gasteiger charge is 2.14. The van der Waals surface area contributed by atoms with Crippen LogP contribution >= 0.6 is 0 Å². The summed E-state index contributed by atoms with van der Waals surface area (Å²) in [6, 6.07) is 0.151. The maximum atomic E-state index is 8.79. The maximum absolute atomic E-state index is 8.79. The molecule has 0 saturated carbocycles. The Kier molecular flexibility index (Phi) is 3.84. The van der Waals surface area contributed by atoms with Crippen molar-refractivity contribution < 1.29 is 9.52 Å². The lowest BCUT2D eigenvalue weighted by Gasteiger charge is -2.15. The summed E-state index contributed by atoms with van der Waals surface area (Å²) in [4.78, 5) is 1.79. The first-order valence-corrected chi connectivity index (χ1v) is 4.63. The molecule has 1 aromatic heterocycles. The molecule has 0 aromatic carbocycles. The standard InChI is InChI=1S/C8H16N4O2/c1-3-12(4-5-13)8-11-10-7(14-8)6(2)9/h6,13H,3-5,9H2,1-2H3. The molecule has 0 saturated heterocycles. The third-order valence-corrected chi connectivity index (χ3v) is 1.84. The van der Waals surface area contributed by atoms with Gasteiger partial charge in [-0.15, -0.1) is 5.10 Å². The lowest BCUT2D eigenvalue weighted by Crippen LogP contribution is -2.26. The molecule has 1 rings (SSSR count). The van der Waals surface area contributed by atoms with E-state index in [2.05, 4.69) is 10.2 Å². The molecule has 0 radical (unpaired) electrons. The Hall–Kier alpha value is -1.14. The molecule has 3 N–H and O–H groups in total. The number of aromatic nitrogens is 2. The van der Waals surface area contributed by atoms with E-state index in [0.717, 1.165) is 0 Å². The number of aliphatic hydroxyl groups excluding tert-OH is 1. The number of likely N-dealkylation sites (N-methyl/N-ethyl adjacent to an activating group) is 1. The Morgan fingerprint density at radius 1 is 1.57 bits per heavy atom. The zero-order valence-electron chi connectivity index (χ0n) is 8.47. The van der Waals surface area contributed by atoms with Crippen molar-refractivity contribution in [1.29, 1.82) is 0 Å². The summed E-state index contributed by atoms with van der Waals surface area (Å²) in [7, 11) is 0. The van der Waals surface area contributed by atoms with Gasteiger partial charge in [-0.05, 0) is 13.8 Å². The Labute approximate surface area is 82.7 Å². The van der Waals surface area contributed by atoms with Gasteiger partial charge in [-0.25, -0.2) is 0 Å². The van der Waals surface area contributed by atoms with Gasteiger partial charge in [0.1, 0.15) is 0 Å². The average molecular weight is 200 g/mol.